The van der Waals surface area contributed by atoms with Crippen molar-refractivity contribution in [1.29, 1.82) is 0 Å². The predicted octanol–water partition coefficient (Wildman–Crippen LogP) is 1.40. The summed E-state index contributed by atoms with van der Waals surface area (Å²) in [5.41, 5.74) is 0.0194. The molecule has 0 aromatic heterocycles. The summed E-state index contributed by atoms with van der Waals surface area (Å²) in [5, 5.41) is 6.90. The summed E-state index contributed by atoms with van der Waals surface area (Å²) in [6.07, 6.45) is 1.23. The van der Waals surface area contributed by atoms with E-state index in [1.165, 1.54) is 17.9 Å². The van der Waals surface area contributed by atoms with Crippen LogP contribution in [0.15, 0.2) is 4.99 Å². The lowest BCUT2D eigenvalue weighted by atomic mass is 9.95. The predicted molar refractivity (Wildman–Crippen MR) is 113 cm³/mol. The van der Waals surface area contributed by atoms with Crippen LogP contribution in [0.3, 0.4) is 0 Å². The fourth-order valence-corrected chi connectivity index (χ4v) is 4.45. The van der Waals surface area contributed by atoms with E-state index >= 15 is 0 Å². The fourth-order valence-electron chi connectivity index (χ4n) is 2.97. The van der Waals surface area contributed by atoms with Crippen LogP contribution in [0.25, 0.3) is 0 Å². The van der Waals surface area contributed by atoms with Gasteiger partial charge in [0, 0.05) is 51.6 Å². The number of hydrogen-bond donors (Lipinski definition) is 2. The van der Waals surface area contributed by atoms with Crippen LogP contribution in [0.5, 0.6) is 0 Å². The molecule has 0 aromatic rings. The third-order valence-corrected chi connectivity index (χ3v) is 6.04. The van der Waals surface area contributed by atoms with Gasteiger partial charge in [-0.05, 0) is 26.0 Å². The van der Waals surface area contributed by atoms with Gasteiger partial charge in [0.25, 0.3) is 0 Å². The summed E-state index contributed by atoms with van der Waals surface area (Å²) >= 11 is 2.05. The number of morpholine rings is 1. The van der Waals surface area contributed by atoms with Crippen LogP contribution in [-0.4, -0.2) is 87.1 Å². The third-order valence-electron chi connectivity index (χ3n) is 4.81. The van der Waals surface area contributed by atoms with Crippen LogP contribution >= 0.6 is 35.7 Å². The number of methoxy groups -OCH3 is 1. The zero-order chi connectivity index (χ0) is 16.8. The van der Waals surface area contributed by atoms with Gasteiger partial charge in [-0.3, -0.25) is 9.89 Å². The first-order valence-electron chi connectivity index (χ1n) is 8.42. The lowest BCUT2D eigenvalue weighted by molar-refractivity contribution is -0.0120. The van der Waals surface area contributed by atoms with Crippen molar-refractivity contribution in [3.8, 4) is 0 Å². The van der Waals surface area contributed by atoms with Crippen molar-refractivity contribution >= 4 is 41.7 Å². The highest BCUT2D eigenvalue weighted by atomic mass is 127. The number of hydrogen-bond acceptors (Lipinski definition) is 5. The molecule has 0 aliphatic carbocycles. The zero-order valence-electron chi connectivity index (χ0n) is 15.4. The van der Waals surface area contributed by atoms with E-state index in [0.29, 0.717) is 0 Å². The minimum atomic E-state index is -0.206. The highest BCUT2D eigenvalue weighted by molar-refractivity contribution is 14.0. The van der Waals surface area contributed by atoms with E-state index in [1.54, 1.807) is 7.11 Å². The second kappa shape index (κ2) is 10.4. The van der Waals surface area contributed by atoms with Crippen molar-refractivity contribution in [3.05, 3.63) is 0 Å². The lowest BCUT2D eigenvalue weighted by Crippen LogP contribution is -2.60. The van der Waals surface area contributed by atoms with Crippen LogP contribution in [0, 0.1) is 0 Å². The molecule has 2 N–H and O–H groups in total. The van der Waals surface area contributed by atoms with Gasteiger partial charge in [-0.2, -0.15) is 11.8 Å². The molecule has 0 radical (unpaired) electrons. The summed E-state index contributed by atoms with van der Waals surface area (Å²) in [6, 6.07) is 0. The van der Waals surface area contributed by atoms with E-state index in [4.69, 9.17) is 9.47 Å². The molecule has 142 valence electrons. The molecule has 0 bridgehead atoms. The normalized spacial score (nSPS) is 26.1. The van der Waals surface area contributed by atoms with Gasteiger partial charge in [0.2, 0.25) is 0 Å². The number of ether oxygens (including phenoxy) is 2. The molecule has 6 nitrogen and oxygen atoms in total. The van der Waals surface area contributed by atoms with E-state index < -0.39 is 0 Å². The van der Waals surface area contributed by atoms with Gasteiger partial charge in [-0.15, -0.1) is 24.0 Å². The Labute approximate surface area is 167 Å². The average molecular weight is 472 g/mol. The summed E-state index contributed by atoms with van der Waals surface area (Å²) in [6.45, 7) is 9.54. The molecule has 24 heavy (non-hydrogen) atoms. The minimum Gasteiger partial charge on any atom is -0.379 e. The molecule has 1 unspecified atom stereocenters. The third kappa shape index (κ3) is 6.19. The maximum absolute atomic E-state index is 5.52. The van der Waals surface area contributed by atoms with E-state index in [9.17, 15) is 0 Å². The van der Waals surface area contributed by atoms with Crippen LogP contribution in [0.4, 0.5) is 0 Å². The molecule has 2 heterocycles. The van der Waals surface area contributed by atoms with Crippen molar-refractivity contribution in [2.75, 3.05) is 65.1 Å². The molecule has 0 saturated carbocycles. The van der Waals surface area contributed by atoms with Gasteiger partial charge in [0.15, 0.2) is 5.96 Å². The quantitative estimate of drug-likeness (QED) is 0.347. The molecule has 0 aromatic carbocycles. The Hall–Kier alpha value is 0.230. The first-order valence-corrected chi connectivity index (χ1v) is 9.57. The summed E-state index contributed by atoms with van der Waals surface area (Å²) < 4.78 is 11.0. The molecule has 2 saturated heterocycles. The molecule has 2 aliphatic rings. The van der Waals surface area contributed by atoms with E-state index in [1.807, 2.05) is 7.05 Å². The second-order valence-corrected chi connectivity index (χ2v) is 7.97. The number of nitrogens with zero attached hydrogens (tertiary/aromatic N) is 2. The van der Waals surface area contributed by atoms with E-state index in [-0.39, 0.29) is 35.1 Å². The molecule has 0 amide bonds. The summed E-state index contributed by atoms with van der Waals surface area (Å²) in [7, 11) is 3.56. The van der Waals surface area contributed by atoms with E-state index in [2.05, 4.69) is 46.1 Å². The Balaban J connectivity index is 0.00000288. The second-order valence-electron chi connectivity index (χ2n) is 6.87. The Morgan fingerprint density at radius 1 is 1.33 bits per heavy atom. The first kappa shape index (κ1) is 22.3. The number of nitrogens with one attached hydrogen (secondary N) is 2. The molecule has 8 heteroatoms. The van der Waals surface area contributed by atoms with Crippen LogP contribution in [0.2, 0.25) is 0 Å². The maximum atomic E-state index is 5.52. The first-order chi connectivity index (χ1) is 11.0. The lowest BCUT2D eigenvalue weighted by Gasteiger charge is -2.43. The fraction of sp³-hybridized carbons (Fsp3) is 0.938. The molecule has 2 rings (SSSR count). The SMILES string of the molecule is CN=C(NCC(C)(C)OC)NCC1(N2CCOCC2)CCSC1.I. The van der Waals surface area contributed by atoms with Crippen molar-refractivity contribution in [3.63, 3.8) is 0 Å². The molecular formula is C16H33IN4O2S. The summed E-state index contributed by atoms with van der Waals surface area (Å²) in [5.74, 6) is 3.27. The molecule has 2 fully saturated rings. The van der Waals surface area contributed by atoms with E-state index in [0.717, 1.165) is 45.4 Å². The van der Waals surface area contributed by atoms with Gasteiger partial charge < -0.3 is 20.1 Å². The van der Waals surface area contributed by atoms with Crippen molar-refractivity contribution in [1.82, 2.24) is 15.5 Å². The summed E-state index contributed by atoms with van der Waals surface area (Å²) in [4.78, 5) is 6.96. The Morgan fingerprint density at radius 3 is 2.58 bits per heavy atom. The number of guanidine groups is 1. The van der Waals surface area contributed by atoms with Gasteiger partial charge in [0.1, 0.15) is 0 Å². The minimum absolute atomic E-state index is 0. The monoisotopic (exact) mass is 472 g/mol. The molecular weight excluding hydrogens is 439 g/mol. The Morgan fingerprint density at radius 2 is 2.04 bits per heavy atom. The number of thioether (sulfide) groups is 1. The highest BCUT2D eigenvalue weighted by Gasteiger charge is 2.40. The molecule has 0 spiro atoms. The van der Waals surface area contributed by atoms with Gasteiger partial charge in [-0.25, -0.2) is 0 Å². The van der Waals surface area contributed by atoms with Crippen LogP contribution in [-0.2, 0) is 9.47 Å². The van der Waals surface area contributed by atoms with Gasteiger partial charge >= 0.3 is 0 Å². The number of halogens is 1. The maximum Gasteiger partial charge on any atom is 0.191 e. The van der Waals surface area contributed by atoms with Crippen LogP contribution < -0.4 is 10.6 Å². The molecule has 2 aliphatic heterocycles. The van der Waals surface area contributed by atoms with Crippen molar-refractivity contribution in [2.45, 2.75) is 31.4 Å². The smallest absolute Gasteiger partial charge is 0.191 e. The largest absolute Gasteiger partial charge is 0.379 e. The highest BCUT2D eigenvalue weighted by Crippen LogP contribution is 2.33. The van der Waals surface area contributed by atoms with Gasteiger partial charge in [-0.1, -0.05) is 0 Å². The van der Waals surface area contributed by atoms with Crippen LogP contribution in [0.1, 0.15) is 20.3 Å². The standard InChI is InChI=1S/C16H32N4O2S.HI/c1-15(2,21-4)11-18-14(17-3)19-12-16(5-10-23-13-16)20-6-8-22-9-7-20;/h5-13H2,1-4H3,(H2,17,18,19);1H. The average Bonchev–Trinajstić information content (AvgIpc) is 3.06. The van der Waals surface area contributed by atoms with Crippen molar-refractivity contribution < 1.29 is 9.47 Å². The van der Waals surface area contributed by atoms with Crippen molar-refractivity contribution in [2.24, 2.45) is 4.99 Å². The number of rotatable bonds is 6. The topological polar surface area (TPSA) is 58.1 Å². The number of aliphatic imine (C=N–C) groups is 1. The van der Waals surface area contributed by atoms with Gasteiger partial charge in [0.05, 0.1) is 18.8 Å². The Bertz CT molecular complexity index is 398. The molecule has 1 atom stereocenters. The zero-order valence-corrected chi connectivity index (χ0v) is 18.5. The Kier molecular flexibility index (Phi) is 9.65.